The first-order valence-corrected chi connectivity index (χ1v) is 4.47. The van der Waals surface area contributed by atoms with Crippen molar-refractivity contribution < 1.29 is 0 Å². The summed E-state index contributed by atoms with van der Waals surface area (Å²) >= 11 is 0. The molecule has 1 saturated heterocycles. The van der Waals surface area contributed by atoms with Crippen molar-refractivity contribution in [2.75, 3.05) is 19.6 Å². The lowest BCUT2D eigenvalue weighted by molar-refractivity contribution is 0.733. The summed E-state index contributed by atoms with van der Waals surface area (Å²) in [4.78, 5) is 0. The SMILES string of the molecule is C1=CCC=C2CNCCNC2=C1. The topological polar surface area (TPSA) is 24.1 Å². The Bertz CT molecular complexity index is 249. The van der Waals surface area contributed by atoms with E-state index in [1.807, 2.05) is 0 Å². The second kappa shape index (κ2) is 3.59. The highest BCUT2D eigenvalue weighted by molar-refractivity contribution is 5.36. The van der Waals surface area contributed by atoms with E-state index in [4.69, 9.17) is 0 Å². The molecule has 0 unspecified atom stereocenters. The summed E-state index contributed by atoms with van der Waals surface area (Å²) in [6.07, 6.45) is 9.79. The fourth-order valence-corrected chi connectivity index (χ4v) is 1.52. The van der Waals surface area contributed by atoms with Gasteiger partial charge < -0.3 is 10.6 Å². The lowest BCUT2D eigenvalue weighted by atomic mass is 10.1. The molecule has 12 heavy (non-hydrogen) atoms. The van der Waals surface area contributed by atoms with Crippen LogP contribution in [0.1, 0.15) is 6.42 Å². The van der Waals surface area contributed by atoms with Gasteiger partial charge >= 0.3 is 0 Å². The monoisotopic (exact) mass is 162 g/mol. The summed E-state index contributed by atoms with van der Waals surface area (Å²) in [6, 6.07) is 0. The van der Waals surface area contributed by atoms with Crippen LogP contribution in [0.3, 0.4) is 0 Å². The first-order valence-electron chi connectivity index (χ1n) is 4.47. The predicted molar refractivity (Wildman–Crippen MR) is 50.8 cm³/mol. The fourth-order valence-electron chi connectivity index (χ4n) is 1.52. The van der Waals surface area contributed by atoms with Crippen LogP contribution < -0.4 is 10.6 Å². The third-order valence-corrected chi connectivity index (χ3v) is 2.18. The van der Waals surface area contributed by atoms with Crippen LogP contribution in [-0.2, 0) is 0 Å². The van der Waals surface area contributed by atoms with Gasteiger partial charge in [0.2, 0.25) is 0 Å². The molecule has 0 atom stereocenters. The van der Waals surface area contributed by atoms with Gasteiger partial charge in [-0.1, -0.05) is 18.2 Å². The van der Waals surface area contributed by atoms with Crippen LogP contribution in [-0.4, -0.2) is 19.6 Å². The van der Waals surface area contributed by atoms with Crippen LogP contribution in [0.25, 0.3) is 0 Å². The van der Waals surface area contributed by atoms with Gasteiger partial charge in [0.1, 0.15) is 0 Å². The van der Waals surface area contributed by atoms with E-state index in [1.165, 1.54) is 11.3 Å². The third-order valence-electron chi connectivity index (χ3n) is 2.18. The van der Waals surface area contributed by atoms with Crippen molar-refractivity contribution in [2.24, 2.45) is 0 Å². The zero-order chi connectivity index (χ0) is 8.23. The average Bonchev–Trinajstić information content (AvgIpc) is 2.38. The second-order valence-electron chi connectivity index (χ2n) is 3.08. The molecular formula is C10H14N2. The highest BCUT2D eigenvalue weighted by Crippen LogP contribution is 2.12. The van der Waals surface area contributed by atoms with Gasteiger partial charge in [0.25, 0.3) is 0 Å². The maximum atomic E-state index is 3.40. The molecule has 1 aliphatic carbocycles. The molecule has 64 valence electrons. The number of hydrogen-bond donors (Lipinski definition) is 2. The van der Waals surface area contributed by atoms with Gasteiger partial charge in [-0.25, -0.2) is 0 Å². The largest absolute Gasteiger partial charge is 0.384 e. The highest BCUT2D eigenvalue weighted by atomic mass is 15.0. The molecule has 0 radical (unpaired) electrons. The van der Waals surface area contributed by atoms with Gasteiger partial charge in [-0.15, -0.1) is 0 Å². The van der Waals surface area contributed by atoms with E-state index >= 15 is 0 Å². The number of hydrogen-bond acceptors (Lipinski definition) is 2. The minimum Gasteiger partial charge on any atom is -0.384 e. The van der Waals surface area contributed by atoms with Crippen molar-refractivity contribution in [2.45, 2.75) is 6.42 Å². The Labute approximate surface area is 73.0 Å². The minimum atomic E-state index is 1.00. The summed E-state index contributed by atoms with van der Waals surface area (Å²) in [7, 11) is 0. The molecule has 0 aromatic rings. The number of allylic oxidation sites excluding steroid dienone is 4. The molecule has 0 spiro atoms. The standard InChI is InChI=1S/C10H14N2/c1-2-4-9-8-11-6-7-12-10(9)5-3-1/h1,3-5,11-12H,2,6-8H2. The van der Waals surface area contributed by atoms with Crippen molar-refractivity contribution >= 4 is 0 Å². The molecule has 0 aromatic carbocycles. The molecule has 1 aliphatic heterocycles. The van der Waals surface area contributed by atoms with Gasteiger partial charge in [-0.3, -0.25) is 0 Å². The smallest absolute Gasteiger partial charge is 0.0383 e. The first kappa shape index (κ1) is 7.62. The summed E-state index contributed by atoms with van der Waals surface area (Å²) in [5.74, 6) is 0. The predicted octanol–water partition coefficient (Wildman–Crippen LogP) is 0.949. The third kappa shape index (κ3) is 1.59. The molecule has 1 heterocycles. The molecule has 0 amide bonds. The molecule has 0 bridgehead atoms. The summed E-state index contributed by atoms with van der Waals surface area (Å²) in [5, 5.41) is 6.78. The van der Waals surface area contributed by atoms with Crippen LogP contribution in [0.5, 0.6) is 0 Å². The molecule has 0 aromatic heterocycles. The zero-order valence-corrected chi connectivity index (χ0v) is 7.14. The quantitative estimate of drug-likeness (QED) is 0.554. The van der Waals surface area contributed by atoms with Crippen molar-refractivity contribution in [3.63, 3.8) is 0 Å². The maximum Gasteiger partial charge on any atom is 0.0383 e. The van der Waals surface area contributed by atoms with Crippen LogP contribution in [0.15, 0.2) is 35.6 Å². The van der Waals surface area contributed by atoms with E-state index in [0.29, 0.717) is 0 Å². The Kier molecular flexibility index (Phi) is 2.28. The molecule has 2 heteroatoms. The van der Waals surface area contributed by atoms with Crippen molar-refractivity contribution in [3.8, 4) is 0 Å². The Balaban J connectivity index is 2.23. The molecule has 1 fully saturated rings. The molecule has 0 saturated carbocycles. The van der Waals surface area contributed by atoms with Gasteiger partial charge in [0.05, 0.1) is 0 Å². The van der Waals surface area contributed by atoms with E-state index in [0.717, 1.165) is 26.1 Å². The maximum absolute atomic E-state index is 3.40. The molecular weight excluding hydrogens is 148 g/mol. The fraction of sp³-hybridized carbons (Fsp3) is 0.400. The number of rotatable bonds is 0. The summed E-state index contributed by atoms with van der Waals surface area (Å²) in [5.41, 5.74) is 2.69. The second-order valence-corrected chi connectivity index (χ2v) is 3.08. The van der Waals surface area contributed by atoms with E-state index in [2.05, 4.69) is 34.9 Å². The Morgan fingerprint density at radius 1 is 1.25 bits per heavy atom. The molecule has 2 N–H and O–H groups in total. The van der Waals surface area contributed by atoms with E-state index in [-0.39, 0.29) is 0 Å². The van der Waals surface area contributed by atoms with Gasteiger partial charge in [0, 0.05) is 25.3 Å². The lowest BCUT2D eigenvalue weighted by Crippen LogP contribution is -2.20. The lowest BCUT2D eigenvalue weighted by Gasteiger charge is -2.07. The number of fused-ring (bicyclic) bond motifs is 1. The molecule has 2 aliphatic rings. The van der Waals surface area contributed by atoms with Crippen molar-refractivity contribution in [3.05, 3.63) is 35.6 Å². The average molecular weight is 162 g/mol. The van der Waals surface area contributed by atoms with E-state index in [1.54, 1.807) is 0 Å². The van der Waals surface area contributed by atoms with Gasteiger partial charge in [-0.05, 0) is 18.1 Å². The van der Waals surface area contributed by atoms with E-state index < -0.39 is 0 Å². The van der Waals surface area contributed by atoms with Crippen LogP contribution in [0.2, 0.25) is 0 Å². The van der Waals surface area contributed by atoms with Gasteiger partial charge in [0.15, 0.2) is 0 Å². The highest BCUT2D eigenvalue weighted by Gasteiger charge is 2.08. The Morgan fingerprint density at radius 2 is 2.25 bits per heavy atom. The minimum absolute atomic E-state index is 1.00. The van der Waals surface area contributed by atoms with Crippen LogP contribution in [0.4, 0.5) is 0 Å². The Hall–Kier alpha value is -1.02. The molecule has 2 rings (SSSR count). The van der Waals surface area contributed by atoms with Gasteiger partial charge in [-0.2, -0.15) is 0 Å². The summed E-state index contributed by atoms with van der Waals surface area (Å²) < 4.78 is 0. The Morgan fingerprint density at radius 3 is 3.25 bits per heavy atom. The van der Waals surface area contributed by atoms with Crippen LogP contribution >= 0.6 is 0 Å². The zero-order valence-electron chi connectivity index (χ0n) is 7.14. The van der Waals surface area contributed by atoms with E-state index in [9.17, 15) is 0 Å². The summed E-state index contributed by atoms with van der Waals surface area (Å²) in [6.45, 7) is 3.08. The van der Waals surface area contributed by atoms with Crippen molar-refractivity contribution in [1.82, 2.24) is 10.6 Å². The first-order chi connectivity index (χ1) is 5.97. The van der Waals surface area contributed by atoms with Crippen molar-refractivity contribution in [1.29, 1.82) is 0 Å². The normalized spacial score (nSPS) is 22.7. The number of nitrogens with one attached hydrogen (secondary N) is 2. The molecule has 2 nitrogen and oxygen atoms in total. The van der Waals surface area contributed by atoms with Crippen LogP contribution in [0, 0.1) is 0 Å².